The summed E-state index contributed by atoms with van der Waals surface area (Å²) in [5.41, 5.74) is 2.69. The highest BCUT2D eigenvalue weighted by molar-refractivity contribution is 5.96. The summed E-state index contributed by atoms with van der Waals surface area (Å²) in [5.74, 6) is -0.237. The van der Waals surface area contributed by atoms with Crippen LogP contribution in [-0.2, 0) is 9.53 Å². The molecule has 1 rings (SSSR count). The number of carbonyl (C=O) groups is 1. The molecule has 0 aromatic heterocycles. The lowest BCUT2D eigenvalue weighted by Crippen LogP contribution is -2.06. The van der Waals surface area contributed by atoms with Gasteiger partial charge in [0.05, 0.1) is 6.61 Å². The van der Waals surface area contributed by atoms with Crippen molar-refractivity contribution in [2.75, 3.05) is 6.61 Å². The number of ether oxygens (including phenoxy) is 1. The molecule has 80 valence electrons. The van der Waals surface area contributed by atoms with Crippen LogP contribution >= 0.6 is 0 Å². The Kier molecular flexibility index (Phi) is 4.10. The first-order valence-corrected chi connectivity index (χ1v) is 5.06. The van der Waals surface area contributed by atoms with Crippen LogP contribution in [0.3, 0.4) is 0 Å². The first-order valence-electron chi connectivity index (χ1n) is 5.06. The molecule has 0 atom stereocenters. The summed E-state index contributed by atoms with van der Waals surface area (Å²) in [5, 5.41) is 0. The van der Waals surface area contributed by atoms with Gasteiger partial charge in [-0.25, -0.2) is 4.79 Å². The van der Waals surface area contributed by atoms with Crippen molar-refractivity contribution in [2.24, 2.45) is 0 Å². The van der Waals surface area contributed by atoms with Crippen LogP contribution in [0.15, 0.2) is 35.9 Å². The first-order chi connectivity index (χ1) is 7.16. The van der Waals surface area contributed by atoms with E-state index in [1.165, 1.54) is 0 Å². The van der Waals surface area contributed by atoms with Crippen LogP contribution in [0, 0.1) is 0 Å². The minimum atomic E-state index is -0.237. The standard InChI is InChI=1S/C13H16O2/c1-4-15-13(14)11(3)10(2)12-8-6-5-7-9-12/h5-9H,4H2,1-3H3. The van der Waals surface area contributed by atoms with E-state index < -0.39 is 0 Å². The molecule has 0 fully saturated rings. The number of hydrogen-bond acceptors (Lipinski definition) is 2. The van der Waals surface area contributed by atoms with E-state index in [4.69, 9.17) is 4.74 Å². The normalized spacial score (nSPS) is 11.9. The van der Waals surface area contributed by atoms with Crippen molar-refractivity contribution in [1.82, 2.24) is 0 Å². The summed E-state index contributed by atoms with van der Waals surface area (Å²) >= 11 is 0. The Morgan fingerprint density at radius 1 is 1.20 bits per heavy atom. The van der Waals surface area contributed by atoms with Gasteiger partial charge >= 0.3 is 5.97 Å². The molecule has 0 aliphatic heterocycles. The van der Waals surface area contributed by atoms with Gasteiger partial charge < -0.3 is 4.74 Å². The fourth-order valence-corrected chi connectivity index (χ4v) is 1.30. The fourth-order valence-electron chi connectivity index (χ4n) is 1.30. The Morgan fingerprint density at radius 2 is 1.80 bits per heavy atom. The number of rotatable bonds is 3. The highest BCUT2D eigenvalue weighted by Gasteiger charge is 2.09. The Labute approximate surface area is 90.6 Å². The number of benzene rings is 1. The predicted octanol–water partition coefficient (Wildman–Crippen LogP) is 3.04. The second-order valence-corrected chi connectivity index (χ2v) is 3.34. The molecule has 0 saturated carbocycles. The Hall–Kier alpha value is -1.57. The van der Waals surface area contributed by atoms with Crippen LogP contribution in [0.2, 0.25) is 0 Å². The molecular weight excluding hydrogens is 188 g/mol. The third-order valence-corrected chi connectivity index (χ3v) is 2.35. The zero-order valence-electron chi connectivity index (χ0n) is 9.41. The molecule has 0 N–H and O–H groups in total. The molecular formula is C13H16O2. The van der Waals surface area contributed by atoms with E-state index in [9.17, 15) is 4.79 Å². The predicted molar refractivity (Wildman–Crippen MR) is 61.3 cm³/mol. The minimum Gasteiger partial charge on any atom is -0.463 e. The molecule has 0 heterocycles. The van der Waals surface area contributed by atoms with Crippen molar-refractivity contribution in [3.63, 3.8) is 0 Å². The number of carbonyl (C=O) groups excluding carboxylic acids is 1. The minimum absolute atomic E-state index is 0.237. The van der Waals surface area contributed by atoms with Gasteiger partial charge in [0.25, 0.3) is 0 Å². The van der Waals surface area contributed by atoms with Crippen molar-refractivity contribution < 1.29 is 9.53 Å². The monoisotopic (exact) mass is 204 g/mol. The number of esters is 1. The maximum absolute atomic E-state index is 11.5. The van der Waals surface area contributed by atoms with Gasteiger partial charge in [-0.3, -0.25) is 0 Å². The Balaban J connectivity index is 2.95. The lowest BCUT2D eigenvalue weighted by Gasteiger charge is -2.07. The van der Waals surface area contributed by atoms with Crippen LogP contribution in [0.4, 0.5) is 0 Å². The Bertz CT molecular complexity index is 363. The zero-order chi connectivity index (χ0) is 11.3. The van der Waals surface area contributed by atoms with Gasteiger partial charge in [0.15, 0.2) is 0 Å². The molecule has 0 spiro atoms. The molecule has 0 saturated heterocycles. The number of hydrogen-bond donors (Lipinski definition) is 0. The van der Waals surface area contributed by atoms with E-state index in [1.54, 1.807) is 6.92 Å². The summed E-state index contributed by atoms with van der Waals surface area (Å²) in [7, 11) is 0. The maximum atomic E-state index is 11.5. The second-order valence-electron chi connectivity index (χ2n) is 3.34. The Morgan fingerprint density at radius 3 is 2.33 bits per heavy atom. The molecule has 0 radical (unpaired) electrons. The SMILES string of the molecule is CCOC(=O)C(C)=C(C)c1ccccc1. The lowest BCUT2D eigenvalue weighted by molar-refractivity contribution is -0.138. The van der Waals surface area contributed by atoms with Crippen LogP contribution in [0.5, 0.6) is 0 Å². The highest BCUT2D eigenvalue weighted by Crippen LogP contribution is 2.18. The van der Waals surface area contributed by atoms with Crippen molar-refractivity contribution in [1.29, 1.82) is 0 Å². The van der Waals surface area contributed by atoms with Gasteiger partial charge in [-0.15, -0.1) is 0 Å². The molecule has 0 aliphatic carbocycles. The quantitative estimate of drug-likeness (QED) is 0.558. The van der Waals surface area contributed by atoms with Gasteiger partial charge in [0.2, 0.25) is 0 Å². The van der Waals surface area contributed by atoms with Crippen LogP contribution in [0.1, 0.15) is 26.3 Å². The van der Waals surface area contributed by atoms with Crippen molar-refractivity contribution in [3.05, 3.63) is 41.5 Å². The molecule has 0 amide bonds. The zero-order valence-corrected chi connectivity index (χ0v) is 9.41. The van der Waals surface area contributed by atoms with Gasteiger partial charge in [-0.1, -0.05) is 30.3 Å². The first kappa shape index (κ1) is 11.5. The summed E-state index contributed by atoms with van der Waals surface area (Å²) in [6, 6.07) is 9.83. The summed E-state index contributed by atoms with van der Waals surface area (Å²) < 4.78 is 4.95. The molecule has 0 aliphatic rings. The van der Waals surface area contributed by atoms with E-state index >= 15 is 0 Å². The third-order valence-electron chi connectivity index (χ3n) is 2.35. The lowest BCUT2D eigenvalue weighted by atomic mass is 10.0. The third kappa shape index (κ3) is 2.94. The van der Waals surface area contributed by atoms with Crippen LogP contribution in [0.25, 0.3) is 5.57 Å². The van der Waals surface area contributed by atoms with Crippen LogP contribution < -0.4 is 0 Å². The molecule has 1 aromatic carbocycles. The molecule has 0 unspecified atom stereocenters. The largest absolute Gasteiger partial charge is 0.463 e. The molecule has 15 heavy (non-hydrogen) atoms. The molecule has 1 aromatic rings. The van der Waals surface area contributed by atoms with E-state index in [0.717, 1.165) is 11.1 Å². The second kappa shape index (κ2) is 5.35. The summed E-state index contributed by atoms with van der Waals surface area (Å²) in [4.78, 5) is 11.5. The average molecular weight is 204 g/mol. The number of allylic oxidation sites excluding steroid dienone is 1. The van der Waals surface area contributed by atoms with Gasteiger partial charge in [-0.2, -0.15) is 0 Å². The van der Waals surface area contributed by atoms with Gasteiger partial charge in [0.1, 0.15) is 0 Å². The van der Waals surface area contributed by atoms with Crippen LogP contribution in [-0.4, -0.2) is 12.6 Å². The van der Waals surface area contributed by atoms with E-state index in [2.05, 4.69) is 0 Å². The molecule has 2 nitrogen and oxygen atoms in total. The molecule has 2 heteroatoms. The van der Waals surface area contributed by atoms with E-state index in [1.807, 2.05) is 44.2 Å². The summed E-state index contributed by atoms with van der Waals surface area (Å²) in [6.45, 7) is 5.95. The average Bonchev–Trinajstić information content (AvgIpc) is 2.28. The fraction of sp³-hybridized carbons (Fsp3) is 0.308. The summed E-state index contributed by atoms with van der Waals surface area (Å²) in [6.07, 6.45) is 0. The van der Waals surface area contributed by atoms with Gasteiger partial charge in [0, 0.05) is 5.57 Å². The highest BCUT2D eigenvalue weighted by atomic mass is 16.5. The van der Waals surface area contributed by atoms with E-state index in [0.29, 0.717) is 12.2 Å². The van der Waals surface area contributed by atoms with Crippen molar-refractivity contribution >= 4 is 11.5 Å². The topological polar surface area (TPSA) is 26.3 Å². The smallest absolute Gasteiger partial charge is 0.333 e. The van der Waals surface area contributed by atoms with Crippen molar-refractivity contribution in [2.45, 2.75) is 20.8 Å². The van der Waals surface area contributed by atoms with E-state index in [-0.39, 0.29) is 5.97 Å². The maximum Gasteiger partial charge on any atom is 0.333 e. The van der Waals surface area contributed by atoms with Crippen molar-refractivity contribution in [3.8, 4) is 0 Å². The van der Waals surface area contributed by atoms with Gasteiger partial charge in [-0.05, 0) is 31.9 Å². The molecule has 0 bridgehead atoms.